The van der Waals surface area contributed by atoms with Crippen LogP contribution in [0, 0.1) is 12.7 Å². The lowest BCUT2D eigenvalue weighted by atomic mass is 10.1. The van der Waals surface area contributed by atoms with Gasteiger partial charge in [-0.25, -0.2) is 23.9 Å². The van der Waals surface area contributed by atoms with Gasteiger partial charge in [0.2, 0.25) is 5.91 Å². The Morgan fingerprint density at radius 2 is 1.71 bits per heavy atom. The maximum Gasteiger partial charge on any atom is 0.453 e. The summed E-state index contributed by atoms with van der Waals surface area (Å²) in [4.78, 5) is 39.0. The maximum absolute atomic E-state index is 13.4. The lowest BCUT2D eigenvalue weighted by Crippen LogP contribution is -2.36. The molecule has 1 amide bonds. The third-order valence-corrected chi connectivity index (χ3v) is 5.58. The molecule has 15 heteroatoms. The first kappa shape index (κ1) is 26.8. The van der Waals surface area contributed by atoms with Crippen molar-refractivity contribution in [1.29, 1.82) is 0 Å². The molecule has 3 aromatic heterocycles. The molecule has 38 heavy (non-hydrogen) atoms. The van der Waals surface area contributed by atoms with Gasteiger partial charge in [-0.2, -0.15) is 27.1 Å². The first-order valence-electron chi connectivity index (χ1n) is 11.1. The van der Waals surface area contributed by atoms with Crippen molar-refractivity contribution in [3.05, 3.63) is 69.8 Å². The molecule has 0 unspecified atom stereocenters. The van der Waals surface area contributed by atoms with Gasteiger partial charge in [-0.1, -0.05) is 18.2 Å². The van der Waals surface area contributed by atoms with E-state index in [1.165, 1.54) is 32.2 Å². The van der Waals surface area contributed by atoms with Crippen LogP contribution in [-0.4, -0.2) is 47.6 Å². The predicted octanol–water partition coefficient (Wildman–Crippen LogP) is 4.19. The third kappa shape index (κ3) is 5.35. The van der Waals surface area contributed by atoms with Crippen molar-refractivity contribution < 1.29 is 31.1 Å². The van der Waals surface area contributed by atoms with Crippen molar-refractivity contribution >= 4 is 17.4 Å². The van der Waals surface area contributed by atoms with Crippen LogP contribution in [0.15, 0.2) is 41.3 Å². The van der Waals surface area contributed by atoms with Crippen LogP contribution >= 0.6 is 0 Å². The molecule has 4 heterocycles. The fourth-order valence-electron chi connectivity index (χ4n) is 3.63. The summed E-state index contributed by atoms with van der Waals surface area (Å²) < 4.78 is 77.6. The highest BCUT2D eigenvalue weighted by molar-refractivity contribution is 6.01. The molecular formula is C23H19F6N7O2. The molecule has 0 radical (unpaired) electrons. The molecule has 0 saturated carbocycles. The fourth-order valence-corrected chi connectivity index (χ4v) is 3.63. The van der Waals surface area contributed by atoms with E-state index in [2.05, 4.69) is 30.4 Å². The largest absolute Gasteiger partial charge is 0.453 e. The molecule has 1 atom stereocenters. The van der Waals surface area contributed by atoms with Gasteiger partial charge in [0.15, 0.2) is 11.5 Å². The Morgan fingerprint density at radius 1 is 1.03 bits per heavy atom. The first-order valence-corrected chi connectivity index (χ1v) is 11.1. The summed E-state index contributed by atoms with van der Waals surface area (Å²) in [6, 6.07) is 7.94. The number of anilines is 1. The van der Waals surface area contributed by atoms with Gasteiger partial charge >= 0.3 is 12.1 Å². The fraction of sp³-hybridized carbons (Fsp3) is 0.304. The number of hydrogen-bond acceptors (Lipinski definition) is 6. The van der Waals surface area contributed by atoms with Crippen LogP contribution in [0.3, 0.4) is 0 Å². The highest BCUT2D eigenvalue weighted by Gasteiger charge is 2.56. The minimum absolute atomic E-state index is 0.00431. The monoisotopic (exact) mass is 539 g/mol. The number of H-pyrrole nitrogens is 1. The number of alkyl halides is 5. The Morgan fingerprint density at radius 3 is 2.32 bits per heavy atom. The van der Waals surface area contributed by atoms with Gasteiger partial charge in [0.1, 0.15) is 23.2 Å². The molecular weight excluding hydrogens is 520 g/mol. The molecule has 9 nitrogen and oxygen atoms in total. The second-order valence-corrected chi connectivity index (χ2v) is 8.39. The molecule has 1 aliphatic heterocycles. The van der Waals surface area contributed by atoms with Crippen molar-refractivity contribution in [2.75, 3.05) is 5.32 Å². The van der Waals surface area contributed by atoms with Gasteiger partial charge in [-0.3, -0.25) is 9.59 Å². The summed E-state index contributed by atoms with van der Waals surface area (Å²) in [5, 5.41) is 6.50. The number of amides is 1. The average molecular weight is 539 g/mol. The Labute approximate surface area is 210 Å². The number of carbonyl (C=O) groups is 1. The number of hydrogen-bond donors (Lipinski definition) is 2. The van der Waals surface area contributed by atoms with E-state index >= 15 is 0 Å². The quantitative estimate of drug-likeness (QED) is 0.376. The molecule has 2 N–H and O–H groups in total. The summed E-state index contributed by atoms with van der Waals surface area (Å²) in [7, 11) is 0. The summed E-state index contributed by atoms with van der Waals surface area (Å²) >= 11 is 0. The van der Waals surface area contributed by atoms with Crippen LogP contribution in [0.1, 0.15) is 36.3 Å². The molecule has 0 spiro atoms. The molecule has 0 bridgehead atoms. The van der Waals surface area contributed by atoms with Gasteiger partial charge in [0, 0.05) is 6.42 Å². The molecule has 1 aliphatic rings. The van der Waals surface area contributed by atoms with E-state index in [1.807, 2.05) is 0 Å². The van der Waals surface area contributed by atoms with Crippen molar-refractivity contribution in [3.8, 4) is 11.5 Å². The predicted molar refractivity (Wildman–Crippen MR) is 122 cm³/mol. The molecule has 1 aromatic carbocycles. The summed E-state index contributed by atoms with van der Waals surface area (Å²) in [5.41, 5.74) is -0.687. The number of carbonyl (C=O) groups excluding carboxylic acids is 1. The van der Waals surface area contributed by atoms with E-state index in [-0.39, 0.29) is 45.9 Å². The third-order valence-electron chi connectivity index (χ3n) is 5.58. The maximum atomic E-state index is 13.4. The van der Waals surface area contributed by atoms with E-state index in [0.717, 1.165) is 4.52 Å². The number of nitrogens with one attached hydrogen (secondary N) is 2. The Kier molecular flexibility index (Phi) is 6.95. The van der Waals surface area contributed by atoms with Crippen LogP contribution in [-0.2, 0) is 11.2 Å². The highest BCUT2D eigenvalue weighted by Crippen LogP contribution is 2.39. The number of aromatic amines is 1. The lowest BCUT2D eigenvalue weighted by molar-refractivity contribution is -0.284. The second-order valence-electron chi connectivity index (χ2n) is 8.39. The van der Waals surface area contributed by atoms with Crippen LogP contribution in [0.4, 0.5) is 32.2 Å². The minimum atomic E-state index is -5.70. The van der Waals surface area contributed by atoms with Crippen LogP contribution in [0.25, 0.3) is 17.2 Å². The number of fused-ring (bicyclic) bond motifs is 2. The number of aromatic nitrogens is 6. The standard InChI is InChI=1S/C17H14F5N7O2.C6H5F/c1-6-10-12(27-14(6)30)25-11(26-15(10)31)9-5-29-13(23-7(2)28-29)8(24-9)3-4-16(18,19)17(20,21)22;7-6-4-2-1-3-5-6/h5-6H,3-4H2,1-2H3,(H2,25,26,27,30,31);1-5H/t6-;/m1./s1. The smallest absolute Gasteiger partial charge is 0.310 e. The number of halogens is 6. The zero-order valence-corrected chi connectivity index (χ0v) is 19.8. The van der Waals surface area contributed by atoms with Crippen LogP contribution in [0.5, 0.6) is 0 Å². The van der Waals surface area contributed by atoms with Crippen molar-refractivity contribution in [3.63, 3.8) is 0 Å². The minimum Gasteiger partial charge on any atom is -0.310 e. The van der Waals surface area contributed by atoms with Crippen molar-refractivity contribution in [1.82, 2.24) is 29.5 Å². The van der Waals surface area contributed by atoms with Gasteiger partial charge in [-0.05, 0) is 32.4 Å². The highest BCUT2D eigenvalue weighted by atomic mass is 19.4. The van der Waals surface area contributed by atoms with Crippen molar-refractivity contribution in [2.45, 2.75) is 44.7 Å². The van der Waals surface area contributed by atoms with E-state index in [1.54, 1.807) is 18.2 Å². The Hall–Kier alpha value is -4.30. The van der Waals surface area contributed by atoms with E-state index in [9.17, 15) is 35.9 Å². The number of aryl methyl sites for hydroxylation is 2. The van der Waals surface area contributed by atoms with Crippen LogP contribution in [0.2, 0.25) is 0 Å². The van der Waals surface area contributed by atoms with Gasteiger partial charge < -0.3 is 10.3 Å². The van der Waals surface area contributed by atoms with Gasteiger partial charge in [-0.15, -0.1) is 0 Å². The summed E-state index contributed by atoms with van der Waals surface area (Å²) in [6.45, 7) is 3.03. The zero-order chi connectivity index (χ0) is 27.8. The topological polar surface area (TPSA) is 118 Å². The van der Waals surface area contributed by atoms with E-state index in [0.29, 0.717) is 0 Å². The number of benzene rings is 1. The second kappa shape index (κ2) is 9.87. The molecule has 200 valence electrons. The summed E-state index contributed by atoms with van der Waals surface area (Å²) in [6.07, 6.45) is -6.71. The van der Waals surface area contributed by atoms with E-state index < -0.39 is 42.3 Å². The van der Waals surface area contributed by atoms with Gasteiger partial charge in [0.05, 0.1) is 23.4 Å². The SMILES string of the molecule is Cc1nc2c(CCC(F)(F)C(F)(F)F)nc(-c3nc4c(c(=O)[nH]3)[C@@H](C)C(=O)N4)cn2n1.Fc1ccccc1. The normalized spacial score (nSPS) is 15.2. The molecule has 5 rings (SSSR count). The number of rotatable bonds is 4. The molecule has 0 saturated heterocycles. The van der Waals surface area contributed by atoms with Crippen molar-refractivity contribution in [2.24, 2.45) is 0 Å². The Balaban J connectivity index is 0.000000417. The molecule has 0 fully saturated rings. The molecule has 0 aliphatic carbocycles. The first-order chi connectivity index (χ1) is 17.8. The lowest BCUT2D eigenvalue weighted by Gasteiger charge is -2.19. The van der Waals surface area contributed by atoms with Gasteiger partial charge in [0.25, 0.3) is 5.56 Å². The van der Waals surface area contributed by atoms with Crippen LogP contribution < -0.4 is 10.9 Å². The Bertz CT molecular complexity index is 1550. The summed E-state index contributed by atoms with van der Waals surface area (Å²) in [5.74, 6) is -6.08. The average Bonchev–Trinajstić information content (AvgIpc) is 3.35. The van der Waals surface area contributed by atoms with E-state index in [4.69, 9.17) is 0 Å². The molecule has 4 aromatic rings. The zero-order valence-electron chi connectivity index (χ0n) is 19.8. The number of nitrogens with zero attached hydrogens (tertiary/aromatic N) is 5.